The first kappa shape index (κ1) is 18.3. The van der Waals surface area contributed by atoms with E-state index in [1.807, 2.05) is 0 Å². The monoisotopic (exact) mass is 380 g/mol. The predicted molar refractivity (Wildman–Crippen MR) is 92.6 cm³/mol. The van der Waals surface area contributed by atoms with E-state index in [1.54, 1.807) is 17.0 Å². The van der Waals surface area contributed by atoms with Crippen LogP contribution in [0, 0.1) is 17.2 Å². The molecule has 2 heterocycles. The van der Waals surface area contributed by atoms with Gasteiger partial charge in [-0.15, -0.1) is 0 Å². The van der Waals surface area contributed by atoms with Gasteiger partial charge in [-0.3, -0.25) is 9.59 Å². The van der Waals surface area contributed by atoms with E-state index < -0.39 is 19.0 Å². The summed E-state index contributed by atoms with van der Waals surface area (Å²) >= 11 is 0. The molecule has 27 heavy (non-hydrogen) atoms. The molecule has 1 saturated carbocycles. The molecule has 3 aliphatic rings. The van der Waals surface area contributed by atoms with Crippen molar-refractivity contribution in [1.82, 2.24) is 9.80 Å². The molecule has 1 aromatic rings. The quantitative estimate of drug-likeness (QED) is 0.809. The lowest BCUT2D eigenvalue weighted by Crippen LogP contribution is -2.60. The minimum absolute atomic E-state index is 0.0777. The highest BCUT2D eigenvalue weighted by molar-refractivity contribution is 5.82. The summed E-state index contributed by atoms with van der Waals surface area (Å²) in [6.45, 7) is 0.0805. The van der Waals surface area contributed by atoms with E-state index >= 15 is 0 Å². The average Bonchev–Trinajstić information content (AvgIpc) is 3.20. The van der Waals surface area contributed by atoms with E-state index in [-0.39, 0.29) is 35.4 Å². The Morgan fingerprint density at radius 2 is 1.89 bits per heavy atom. The van der Waals surface area contributed by atoms with Crippen LogP contribution in [0.5, 0.6) is 0 Å². The number of hydrogen-bond acceptors (Lipinski definition) is 2. The van der Waals surface area contributed by atoms with Gasteiger partial charge in [-0.05, 0) is 37.0 Å². The number of hydrogen-bond donors (Lipinski definition) is 0. The lowest BCUT2D eigenvalue weighted by molar-refractivity contribution is -0.172. The maximum absolute atomic E-state index is 13.3. The van der Waals surface area contributed by atoms with Crippen molar-refractivity contribution in [1.29, 1.82) is 0 Å². The highest BCUT2D eigenvalue weighted by Crippen LogP contribution is 2.51. The van der Waals surface area contributed by atoms with Gasteiger partial charge in [-0.2, -0.15) is 0 Å². The molecule has 1 aliphatic carbocycles. The zero-order valence-corrected chi connectivity index (χ0v) is 15.1. The van der Waals surface area contributed by atoms with Crippen molar-refractivity contribution in [2.75, 3.05) is 26.2 Å². The summed E-state index contributed by atoms with van der Waals surface area (Å²) in [7, 11) is 0. The van der Waals surface area contributed by atoms with Gasteiger partial charge in [-0.25, -0.2) is 13.2 Å². The van der Waals surface area contributed by atoms with Crippen molar-refractivity contribution in [3.8, 4) is 0 Å². The van der Waals surface area contributed by atoms with Crippen LogP contribution in [0.4, 0.5) is 13.2 Å². The fraction of sp³-hybridized carbons (Fsp3) is 0.600. The summed E-state index contributed by atoms with van der Waals surface area (Å²) in [5.41, 5.74) is 0.335. The number of benzene rings is 1. The standard InChI is InChI=1S/C20H23F3N2O2/c21-15-4-1-3-14(9-15)10-17(26)24-8-7-19(11-24)6-2-5-16(19)18(27)25-12-20(22,23)13-25/h1,3-4,9,16H,2,5-8,10-13H2/t16-,19+/m0/s1. The van der Waals surface area contributed by atoms with Gasteiger partial charge in [0.1, 0.15) is 5.82 Å². The van der Waals surface area contributed by atoms with E-state index in [1.165, 1.54) is 17.0 Å². The number of likely N-dealkylation sites (tertiary alicyclic amines) is 2. The second-order valence-corrected chi connectivity index (χ2v) is 8.23. The molecule has 0 bridgehead atoms. The number of carbonyl (C=O) groups is 2. The van der Waals surface area contributed by atoms with E-state index in [0.717, 1.165) is 19.3 Å². The first-order valence-electron chi connectivity index (χ1n) is 9.47. The van der Waals surface area contributed by atoms with Crippen LogP contribution in [0.2, 0.25) is 0 Å². The first-order valence-corrected chi connectivity index (χ1v) is 9.47. The Labute approximate surface area is 156 Å². The molecule has 2 aliphatic heterocycles. The van der Waals surface area contributed by atoms with Crippen LogP contribution in [0.25, 0.3) is 0 Å². The van der Waals surface area contributed by atoms with Gasteiger partial charge < -0.3 is 9.80 Å². The second-order valence-electron chi connectivity index (χ2n) is 8.23. The maximum atomic E-state index is 13.3. The van der Waals surface area contributed by atoms with Crippen LogP contribution in [-0.2, 0) is 16.0 Å². The van der Waals surface area contributed by atoms with E-state index in [2.05, 4.69) is 0 Å². The molecule has 2 atom stereocenters. The molecule has 1 aromatic carbocycles. The molecule has 2 amide bonds. The summed E-state index contributed by atoms with van der Waals surface area (Å²) < 4.78 is 39.6. The third-order valence-electron chi connectivity index (χ3n) is 6.34. The van der Waals surface area contributed by atoms with Gasteiger partial charge in [0, 0.05) is 24.4 Å². The summed E-state index contributed by atoms with van der Waals surface area (Å²) in [6, 6.07) is 6.00. The molecule has 1 spiro atoms. The number of amides is 2. The van der Waals surface area contributed by atoms with Crippen molar-refractivity contribution in [3.05, 3.63) is 35.6 Å². The summed E-state index contributed by atoms with van der Waals surface area (Å²) in [5, 5.41) is 0. The van der Waals surface area contributed by atoms with Crippen LogP contribution >= 0.6 is 0 Å². The lowest BCUT2D eigenvalue weighted by Gasteiger charge is -2.42. The Kier molecular flexibility index (Phi) is 4.43. The minimum Gasteiger partial charge on any atom is -0.342 e. The third-order valence-corrected chi connectivity index (χ3v) is 6.34. The molecule has 0 radical (unpaired) electrons. The highest BCUT2D eigenvalue weighted by Gasteiger charge is 2.55. The average molecular weight is 380 g/mol. The zero-order valence-electron chi connectivity index (χ0n) is 15.1. The van der Waals surface area contributed by atoms with Gasteiger partial charge in [0.05, 0.1) is 19.5 Å². The van der Waals surface area contributed by atoms with Crippen LogP contribution in [0.1, 0.15) is 31.2 Å². The van der Waals surface area contributed by atoms with Crippen molar-refractivity contribution in [2.45, 2.75) is 38.0 Å². The van der Waals surface area contributed by atoms with E-state index in [0.29, 0.717) is 25.1 Å². The SMILES string of the molecule is O=C(Cc1cccc(F)c1)N1CC[C@]2(CCC[C@H]2C(=O)N2CC(F)(F)C2)C1. The Bertz CT molecular complexity index is 761. The smallest absolute Gasteiger partial charge is 0.282 e. The maximum Gasteiger partial charge on any atom is 0.282 e. The summed E-state index contributed by atoms with van der Waals surface area (Å²) in [5.74, 6) is -3.67. The van der Waals surface area contributed by atoms with Crippen molar-refractivity contribution < 1.29 is 22.8 Å². The highest BCUT2D eigenvalue weighted by atomic mass is 19.3. The number of rotatable bonds is 3. The Balaban J connectivity index is 1.41. The number of alkyl halides is 2. The number of carbonyl (C=O) groups excluding carboxylic acids is 2. The number of halogens is 3. The topological polar surface area (TPSA) is 40.6 Å². The van der Waals surface area contributed by atoms with E-state index in [9.17, 15) is 22.8 Å². The molecular formula is C20H23F3N2O2. The minimum atomic E-state index is -2.76. The van der Waals surface area contributed by atoms with Crippen molar-refractivity contribution >= 4 is 11.8 Å². The van der Waals surface area contributed by atoms with Crippen LogP contribution in [-0.4, -0.2) is 53.7 Å². The number of nitrogens with zero attached hydrogens (tertiary/aromatic N) is 2. The van der Waals surface area contributed by atoms with Gasteiger partial charge in [0.25, 0.3) is 5.92 Å². The molecule has 0 unspecified atom stereocenters. The fourth-order valence-corrected chi connectivity index (χ4v) is 4.94. The Morgan fingerprint density at radius 3 is 2.59 bits per heavy atom. The van der Waals surface area contributed by atoms with Crippen molar-refractivity contribution in [3.63, 3.8) is 0 Å². The van der Waals surface area contributed by atoms with Crippen LogP contribution in [0.15, 0.2) is 24.3 Å². The lowest BCUT2D eigenvalue weighted by atomic mass is 9.76. The molecule has 0 N–H and O–H groups in total. The molecule has 3 fully saturated rings. The van der Waals surface area contributed by atoms with Crippen molar-refractivity contribution in [2.24, 2.45) is 11.3 Å². The zero-order chi connectivity index (χ0) is 19.2. The predicted octanol–water partition coefficient (Wildman–Crippen LogP) is 2.86. The summed E-state index contributed by atoms with van der Waals surface area (Å²) in [6.07, 6.45) is 3.28. The largest absolute Gasteiger partial charge is 0.342 e. The van der Waals surface area contributed by atoms with E-state index in [4.69, 9.17) is 0 Å². The summed E-state index contributed by atoms with van der Waals surface area (Å²) in [4.78, 5) is 28.4. The van der Waals surface area contributed by atoms with Gasteiger partial charge in [-0.1, -0.05) is 18.6 Å². The van der Waals surface area contributed by atoms with Gasteiger partial charge >= 0.3 is 0 Å². The molecule has 7 heteroatoms. The molecule has 0 aromatic heterocycles. The normalized spacial score (nSPS) is 29.2. The van der Waals surface area contributed by atoms with Crippen LogP contribution < -0.4 is 0 Å². The van der Waals surface area contributed by atoms with Crippen LogP contribution in [0.3, 0.4) is 0 Å². The molecular weight excluding hydrogens is 357 g/mol. The fourth-order valence-electron chi connectivity index (χ4n) is 4.94. The van der Waals surface area contributed by atoms with Gasteiger partial charge in [0.2, 0.25) is 11.8 Å². The molecule has 2 saturated heterocycles. The molecule has 4 nitrogen and oxygen atoms in total. The Hall–Kier alpha value is -2.05. The second kappa shape index (κ2) is 6.53. The first-order chi connectivity index (χ1) is 12.8. The molecule has 146 valence electrons. The van der Waals surface area contributed by atoms with Gasteiger partial charge in [0.15, 0.2) is 0 Å². The molecule has 4 rings (SSSR count). The third kappa shape index (κ3) is 3.44. The Morgan fingerprint density at radius 1 is 1.11 bits per heavy atom.